The molecule has 1 saturated carbocycles. The molecule has 0 spiro atoms. The van der Waals surface area contributed by atoms with Crippen LogP contribution in [0.15, 0.2) is 63.6 Å². The predicted molar refractivity (Wildman–Crippen MR) is 471 cm³/mol. The Labute approximate surface area is 970 Å². The SMILES string of the molecule is CC(C)OC(=O)CSC1=C(C(=O)[O-])N2C(=O)[C@H]([C@@H](C)O)[C@H]2[C@H]1C.CCCCOC(=O)CSC1=C(C(=O)[O-])N2C(=O)[C@H]([C@@H](C)O)[C@H]2[C@H]1C.CCCOC(=O)CSC1=C(C(=O)[O-])N2C(=O)[C@H]([C@@H](C)O)[C@H]2[C@H]1C.COC(=O)CSC1=C(C(=O)[O-])N2C(=O)[C@H]([C@@H](C)O)[C@H]2[C@H]1C.CSC1=C(C(=O)[O-])N2C(=O)[C@H]([C@@H](C)O)[C@H]2[C@H]1C.C[C@@H](O)[C@H]1C(=O)N2C(C(=O)[O-])=C(SCC(=O)OC3CCCCC3)[C@H](C)[C@H]12.[Na+].[Na+].[Na+].[Na+].[Na+].[Na+]. The fraction of sp³-hybridized carbons (Fsp3) is 0.670. The predicted octanol–water partition coefficient (Wildman–Crippen LogP) is -20.8. The van der Waals surface area contributed by atoms with Crippen LogP contribution < -0.4 is 208 Å². The number of β-lactam (4-membered cyclic amide) rings is 6. The Bertz CT molecular complexity index is 4820. The van der Waals surface area contributed by atoms with Gasteiger partial charge in [0.2, 0.25) is 35.4 Å². The van der Waals surface area contributed by atoms with Crippen LogP contribution in [-0.4, -0.2) is 302 Å². The number of unbranched alkanes of at least 4 members (excludes halogenated alkanes) is 1. The van der Waals surface area contributed by atoms with Gasteiger partial charge in [-0.05, 0) is 100 Å². The van der Waals surface area contributed by atoms with Crippen LogP contribution in [0.3, 0.4) is 0 Å². The average Bonchev–Trinajstić information content (AvgIpc) is 1.56. The second-order valence-electron chi connectivity index (χ2n) is 34.8. The molecule has 6 amide bonds. The Balaban J connectivity index is 0.000000565. The van der Waals surface area contributed by atoms with E-state index < -0.39 is 192 Å². The Morgan fingerprint density at radius 2 is 0.557 bits per heavy atom. The molecule has 6 saturated heterocycles. The topological polar surface area (TPSA) is 616 Å². The largest absolute Gasteiger partial charge is 1.00 e. The van der Waals surface area contributed by atoms with E-state index in [0.29, 0.717) is 49.1 Å². The van der Waals surface area contributed by atoms with Crippen molar-refractivity contribution in [3.8, 4) is 0 Å². The number of hydrogen-bond acceptors (Lipinski definition) is 40. The number of aliphatic hydroxyl groups excluding tert-OH is 6. The summed E-state index contributed by atoms with van der Waals surface area (Å²) in [6.45, 7) is 27.9. The Morgan fingerprint density at radius 1 is 0.336 bits per heavy atom. The Hall–Kier alpha value is -2.71. The summed E-state index contributed by atoms with van der Waals surface area (Å²) >= 11 is 6.63. The van der Waals surface area contributed by atoms with E-state index in [-0.39, 0.29) is 306 Å². The number of methoxy groups -OCH3 is 1. The first kappa shape index (κ1) is 133. The Kier molecular flexibility index (Phi) is 55.8. The molecular formula is C88H116N6Na6O34S6. The number of carbonyl (C=O) groups is 17. The van der Waals surface area contributed by atoms with Crippen molar-refractivity contribution in [2.75, 3.05) is 55.3 Å². The van der Waals surface area contributed by atoms with Gasteiger partial charge < -0.3 is 143 Å². The molecule has 7 fully saturated rings. The Morgan fingerprint density at radius 3 is 0.771 bits per heavy atom. The number of aliphatic hydroxyl groups is 6. The van der Waals surface area contributed by atoms with Crippen LogP contribution in [0.1, 0.15) is 162 Å². The zero-order valence-corrected chi connectivity index (χ0v) is 100. The summed E-state index contributed by atoms with van der Waals surface area (Å²) in [7, 11) is 1.25. The fourth-order valence-electron chi connectivity index (χ4n) is 19.4. The van der Waals surface area contributed by atoms with E-state index in [1.54, 1.807) is 54.7 Å². The molecule has 0 aromatic heterocycles. The smallest absolute Gasteiger partial charge is 0.543 e. The molecule has 40 nitrogen and oxygen atoms in total. The summed E-state index contributed by atoms with van der Waals surface area (Å²) in [5, 5.41) is 127. The van der Waals surface area contributed by atoms with Crippen molar-refractivity contribution in [3.05, 3.63) is 63.6 Å². The van der Waals surface area contributed by atoms with Gasteiger partial charge in [-0.1, -0.05) is 68.2 Å². The van der Waals surface area contributed by atoms with E-state index in [2.05, 4.69) is 4.74 Å². The number of rotatable bonds is 35. The van der Waals surface area contributed by atoms with Crippen molar-refractivity contribution in [3.63, 3.8) is 0 Å². The molecule has 744 valence electrons. The van der Waals surface area contributed by atoms with Gasteiger partial charge in [-0.25, -0.2) is 0 Å². The molecule has 0 radical (unpaired) electrons. The van der Waals surface area contributed by atoms with Gasteiger partial charge in [-0.3, -0.25) is 52.7 Å². The number of ether oxygens (including phenoxy) is 5. The van der Waals surface area contributed by atoms with E-state index in [1.165, 1.54) is 78.0 Å². The standard InChI is InChI=1S/C18H25NO6S.C16H23NO6S.2C15H21NO6S.C13H17NO6S.C11H15NO4S.6Na/c1-9-14-13(10(2)20)17(22)19(14)15(18(23)24)16(9)26-8-12(21)25-11-6-4-3-5-7-11;1-4-5-6-23-10(19)7-24-14-8(2)12-11(9(3)18)15(20)17(12)13(14)16(21)22;1-6(2)22-9(18)5-23-13-7(3)11-10(8(4)17)14(19)16(11)12(13)15(20)21;1-4-5-22-9(18)6-23-13-7(2)11-10(8(3)17)14(19)16(11)12(13)15(20)21;1-5-9-8(6(2)15)12(17)14(9)10(13(18)19)11(5)21-4-7(16)20-3;1-4-7-6(5(2)13)10(14)12(7)8(11(15)16)9(4)17-3;;;;;;/h9-11,13-14,20H,3-8H2,1-2H3,(H,23,24);8-9,11-12,18H,4-7H2,1-3H3,(H,21,22);6-8,10-11,17H,5H2,1-4H3,(H,20,21);7-8,10-11,17H,4-6H2,1-3H3,(H,20,21);5-6,8-9,15H,4H2,1-3H3,(H,18,19);4-7,13H,1-3H3,(H,15,16);;;;;;/q;;;;;;6*+1/p-6/t9-,10-,13-,14-;8-,9-,11-,12-;2*7-,8-,10-,11-;5-,6-,8-,9-;4-,5-,6-,7-;;;;;;/m111111....../s1. The summed E-state index contributed by atoms with van der Waals surface area (Å²) in [6, 6.07) is -2.23. The number of esters is 5. The summed E-state index contributed by atoms with van der Waals surface area (Å²) < 4.78 is 25.0. The second kappa shape index (κ2) is 58.6. The summed E-state index contributed by atoms with van der Waals surface area (Å²) in [4.78, 5) is 209. The van der Waals surface area contributed by atoms with Crippen LogP contribution in [0.25, 0.3) is 0 Å². The van der Waals surface area contributed by atoms with Crippen LogP contribution in [0.2, 0.25) is 0 Å². The number of thioether (sulfide) groups is 6. The zero-order valence-electron chi connectivity index (χ0n) is 83.4. The average molecular weight is 2130 g/mol. The van der Waals surface area contributed by atoms with Gasteiger partial charge >= 0.3 is 207 Å². The van der Waals surface area contributed by atoms with E-state index >= 15 is 0 Å². The van der Waals surface area contributed by atoms with Gasteiger partial charge in [0.15, 0.2) is 0 Å². The molecule has 140 heavy (non-hydrogen) atoms. The van der Waals surface area contributed by atoms with Crippen LogP contribution in [-0.2, 0) is 105 Å². The normalized spacial score (nSPS) is 27.7. The fourth-order valence-corrected chi connectivity index (χ4v) is 25.7. The van der Waals surface area contributed by atoms with Crippen molar-refractivity contribution in [2.45, 2.75) is 247 Å². The minimum Gasteiger partial charge on any atom is -0.543 e. The van der Waals surface area contributed by atoms with Crippen molar-refractivity contribution in [1.82, 2.24) is 29.4 Å². The molecule has 0 aromatic rings. The zero-order chi connectivity index (χ0) is 101. The van der Waals surface area contributed by atoms with Crippen LogP contribution in [0.5, 0.6) is 0 Å². The first-order valence-corrected chi connectivity index (χ1v) is 50.2. The number of amides is 6. The van der Waals surface area contributed by atoms with Gasteiger partial charge in [-0.2, -0.15) is 0 Å². The number of nitrogens with zero attached hydrogens (tertiary/aromatic N) is 6. The maximum atomic E-state index is 12.2. The quantitative estimate of drug-likeness (QED) is 0.0113. The van der Waals surface area contributed by atoms with Gasteiger partial charge in [0.25, 0.3) is 0 Å². The molecule has 52 heteroatoms. The minimum absolute atomic E-state index is 0. The van der Waals surface area contributed by atoms with Gasteiger partial charge in [0, 0.05) is 64.9 Å². The van der Waals surface area contributed by atoms with Crippen LogP contribution >= 0.6 is 70.6 Å². The summed E-state index contributed by atoms with van der Waals surface area (Å²) in [6.07, 6.45) is 3.89. The molecule has 13 aliphatic rings. The molecule has 13 rings (SSSR count). The number of aliphatic carboxylic acids is 6. The van der Waals surface area contributed by atoms with E-state index in [1.807, 2.05) is 27.7 Å². The second-order valence-corrected chi connectivity index (χ2v) is 40.8. The third-order valence-electron chi connectivity index (χ3n) is 25.4. The van der Waals surface area contributed by atoms with Crippen molar-refractivity contribution < 1.29 is 344 Å². The third-order valence-corrected chi connectivity index (χ3v) is 32.7. The number of carboxylic acids is 6. The number of carboxylic acid groups (broad SMARTS) is 6. The molecular weight excluding hydrogens is 2020 g/mol. The van der Waals surface area contributed by atoms with Crippen molar-refractivity contribution in [2.24, 2.45) is 71.0 Å². The van der Waals surface area contributed by atoms with E-state index in [9.17, 15) is 143 Å². The van der Waals surface area contributed by atoms with Crippen LogP contribution in [0.4, 0.5) is 0 Å². The number of carbonyl (C=O) groups excluding carboxylic acids is 17. The molecule has 0 aromatic carbocycles. The molecule has 12 aliphatic heterocycles. The van der Waals surface area contributed by atoms with Crippen molar-refractivity contribution >= 4 is 172 Å². The first-order valence-electron chi connectivity index (χ1n) is 44.1. The van der Waals surface area contributed by atoms with Gasteiger partial charge in [-0.15, -0.1) is 70.6 Å². The third kappa shape index (κ3) is 28.8. The van der Waals surface area contributed by atoms with E-state index in [4.69, 9.17) is 18.9 Å². The minimum atomic E-state index is -1.45. The molecule has 1 aliphatic carbocycles. The summed E-state index contributed by atoms with van der Waals surface area (Å²) in [5.41, 5.74) is -0.926. The number of hydrogen-bond donors (Lipinski definition) is 6. The monoisotopic (exact) mass is 2130 g/mol. The van der Waals surface area contributed by atoms with E-state index in [0.717, 1.165) is 109 Å². The maximum Gasteiger partial charge on any atom is 1.00 e. The molecule has 24 atom stereocenters. The van der Waals surface area contributed by atoms with Gasteiger partial charge in [0.1, 0.15) is 6.10 Å². The molecule has 6 N–H and O–H groups in total. The summed E-state index contributed by atoms with van der Waals surface area (Å²) in [5.74, 6) is -18.2. The molecule has 0 unspecified atom stereocenters. The van der Waals surface area contributed by atoms with Crippen molar-refractivity contribution in [1.29, 1.82) is 0 Å². The first-order chi connectivity index (χ1) is 62.8. The molecule has 12 heterocycles. The molecule has 0 bridgehead atoms. The maximum absolute atomic E-state index is 12.2. The number of fused-ring (bicyclic) bond motifs is 6. The van der Waals surface area contributed by atoms with Crippen LogP contribution in [0, 0.1) is 71.0 Å². The van der Waals surface area contributed by atoms with Gasteiger partial charge in [0.05, 0.1) is 234 Å².